The predicted octanol–water partition coefficient (Wildman–Crippen LogP) is 1.68. The summed E-state index contributed by atoms with van der Waals surface area (Å²) < 4.78 is 5.13. The molecule has 1 aromatic heterocycles. The minimum absolute atomic E-state index is 0.549. The highest BCUT2D eigenvalue weighted by atomic mass is 16.5. The minimum atomic E-state index is 0.549. The second-order valence-electron chi connectivity index (χ2n) is 3.52. The van der Waals surface area contributed by atoms with Crippen LogP contribution in [-0.4, -0.2) is 17.1 Å². The number of nitrogens with one attached hydrogen (secondary N) is 1. The van der Waals surface area contributed by atoms with Crippen LogP contribution in [0.1, 0.15) is 5.82 Å². The van der Waals surface area contributed by atoms with E-state index in [2.05, 4.69) is 15.3 Å². The molecular formula is C12H14N4O. The summed E-state index contributed by atoms with van der Waals surface area (Å²) >= 11 is 0. The van der Waals surface area contributed by atoms with E-state index in [0.29, 0.717) is 18.1 Å². The van der Waals surface area contributed by atoms with Crippen LogP contribution in [0.4, 0.5) is 11.4 Å². The Morgan fingerprint density at radius 2 is 2.06 bits per heavy atom. The normalized spacial score (nSPS) is 9.94. The predicted molar refractivity (Wildman–Crippen MR) is 66.8 cm³/mol. The number of rotatable bonds is 4. The van der Waals surface area contributed by atoms with E-state index in [0.717, 1.165) is 11.4 Å². The maximum Gasteiger partial charge on any atom is 0.147 e. The van der Waals surface area contributed by atoms with Gasteiger partial charge >= 0.3 is 0 Å². The van der Waals surface area contributed by atoms with Crippen molar-refractivity contribution in [3.8, 4) is 5.75 Å². The Morgan fingerprint density at radius 1 is 1.29 bits per heavy atom. The average Bonchev–Trinajstić information content (AvgIpc) is 2.38. The topological polar surface area (TPSA) is 73.1 Å². The zero-order chi connectivity index (χ0) is 12.1. The molecule has 17 heavy (non-hydrogen) atoms. The number of aromatic nitrogens is 2. The molecule has 5 heteroatoms. The van der Waals surface area contributed by atoms with Crippen molar-refractivity contribution in [3.05, 3.63) is 42.5 Å². The van der Waals surface area contributed by atoms with Gasteiger partial charge in [0.15, 0.2) is 0 Å². The van der Waals surface area contributed by atoms with Gasteiger partial charge in [-0.25, -0.2) is 9.97 Å². The number of nitrogens with two attached hydrogens (primary N) is 1. The van der Waals surface area contributed by atoms with Crippen molar-refractivity contribution in [1.29, 1.82) is 0 Å². The van der Waals surface area contributed by atoms with Gasteiger partial charge in [0, 0.05) is 11.8 Å². The van der Waals surface area contributed by atoms with Crippen LogP contribution in [0, 0.1) is 0 Å². The van der Waals surface area contributed by atoms with Crippen molar-refractivity contribution in [2.24, 2.45) is 0 Å². The molecule has 88 valence electrons. The molecular weight excluding hydrogens is 216 g/mol. The molecule has 0 aliphatic heterocycles. The second-order valence-corrected chi connectivity index (χ2v) is 3.52. The number of methoxy groups -OCH3 is 1. The average molecular weight is 230 g/mol. The smallest absolute Gasteiger partial charge is 0.147 e. The van der Waals surface area contributed by atoms with Gasteiger partial charge in [0.25, 0.3) is 0 Å². The van der Waals surface area contributed by atoms with Crippen molar-refractivity contribution >= 4 is 11.4 Å². The molecule has 3 N–H and O–H groups in total. The lowest BCUT2D eigenvalue weighted by atomic mass is 10.3. The van der Waals surface area contributed by atoms with Gasteiger partial charge in [0.1, 0.15) is 11.6 Å². The zero-order valence-electron chi connectivity index (χ0n) is 9.55. The molecule has 1 aromatic carbocycles. The molecule has 0 unspecified atom stereocenters. The summed E-state index contributed by atoms with van der Waals surface area (Å²) in [6.07, 6.45) is 3.19. The third kappa shape index (κ3) is 3.07. The maximum atomic E-state index is 5.51. The minimum Gasteiger partial charge on any atom is -0.497 e. The molecule has 0 saturated heterocycles. The summed E-state index contributed by atoms with van der Waals surface area (Å²) in [6.45, 7) is 0.549. The summed E-state index contributed by atoms with van der Waals surface area (Å²) in [6, 6.07) is 7.69. The summed E-state index contributed by atoms with van der Waals surface area (Å²) in [5.41, 5.74) is 7.04. The van der Waals surface area contributed by atoms with Gasteiger partial charge in [0.2, 0.25) is 0 Å². The molecule has 0 bridgehead atoms. The molecule has 0 atom stereocenters. The monoisotopic (exact) mass is 230 g/mol. The lowest BCUT2D eigenvalue weighted by Crippen LogP contribution is -2.04. The van der Waals surface area contributed by atoms with Gasteiger partial charge < -0.3 is 15.8 Å². The summed E-state index contributed by atoms with van der Waals surface area (Å²) in [5.74, 6) is 1.51. The van der Waals surface area contributed by atoms with E-state index in [1.807, 2.05) is 24.3 Å². The Balaban J connectivity index is 1.99. The van der Waals surface area contributed by atoms with Crippen LogP contribution in [0.15, 0.2) is 36.7 Å². The van der Waals surface area contributed by atoms with E-state index in [9.17, 15) is 0 Å². The van der Waals surface area contributed by atoms with E-state index in [-0.39, 0.29) is 0 Å². The molecule has 2 aromatic rings. The van der Waals surface area contributed by atoms with Crippen LogP contribution in [0.5, 0.6) is 5.75 Å². The summed E-state index contributed by atoms with van der Waals surface area (Å²) in [5, 5.41) is 3.21. The molecule has 0 radical (unpaired) electrons. The lowest BCUT2D eigenvalue weighted by Gasteiger charge is -2.07. The highest BCUT2D eigenvalue weighted by Crippen LogP contribution is 2.16. The molecule has 0 aliphatic rings. The Kier molecular flexibility index (Phi) is 3.40. The van der Waals surface area contributed by atoms with E-state index < -0.39 is 0 Å². The van der Waals surface area contributed by atoms with Gasteiger partial charge in [-0.15, -0.1) is 0 Å². The molecule has 0 amide bonds. The second kappa shape index (κ2) is 5.16. The largest absolute Gasteiger partial charge is 0.497 e. The van der Waals surface area contributed by atoms with Crippen LogP contribution < -0.4 is 15.8 Å². The number of benzene rings is 1. The molecule has 2 rings (SSSR count). The van der Waals surface area contributed by atoms with Gasteiger partial charge in [-0.1, -0.05) is 6.07 Å². The number of hydrogen-bond acceptors (Lipinski definition) is 5. The molecule has 0 spiro atoms. The zero-order valence-corrected chi connectivity index (χ0v) is 9.55. The lowest BCUT2D eigenvalue weighted by molar-refractivity contribution is 0.415. The van der Waals surface area contributed by atoms with Crippen LogP contribution in [0.25, 0.3) is 0 Å². The third-order valence-electron chi connectivity index (χ3n) is 2.25. The van der Waals surface area contributed by atoms with Crippen molar-refractivity contribution in [3.63, 3.8) is 0 Å². The number of hydrogen-bond donors (Lipinski definition) is 2. The van der Waals surface area contributed by atoms with E-state index in [1.165, 1.54) is 0 Å². The van der Waals surface area contributed by atoms with Crippen molar-refractivity contribution in [2.45, 2.75) is 6.54 Å². The van der Waals surface area contributed by atoms with E-state index in [1.54, 1.807) is 19.5 Å². The first-order valence-electron chi connectivity index (χ1n) is 5.22. The Labute approximate surface area is 99.7 Å². The number of ether oxygens (including phenoxy) is 1. The fourth-order valence-corrected chi connectivity index (χ4v) is 1.37. The number of nitrogens with zero attached hydrogens (tertiary/aromatic N) is 2. The van der Waals surface area contributed by atoms with E-state index in [4.69, 9.17) is 10.5 Å². The molecule has 1 heterocycles. The van der Waals surface area contributed by atoms with Gasteiger partial charge in [0.05, 0.1) is 31.7 Å². The first-order valence-corrected chi connectivity index (χ1v) is 5.22. The quantitative estimate of drug-likeness (QED) is 0.836. The van der Waals surface area contributed by atoms with Crippen molar-refractivity contribution < 1.29 is 4.74 Å². The van der Waals surface area contributed by atoms with Gasteiger partial charge in [-0.05, 0) is 12.1 Å². The van der Waals surface area contributed by atoms with E-state index >= 15 is 0 Å². The Hall–Kier alpha value is -2.30. The van der Waals surface area contributed by atoms with Crippen molar-refractivity contribution in [2.75, 3.05) is 18.2 Å². The summed E-state index contributed by atoms with van der Waals surface area (Å²) in [7, 11) is 1.64. The number of anilines is 2. The Morgan fingerprint density at radius 3 is 2.76 bits per heavy atom. The summed E-state index contributed by atoms with van der Waals surface area (Å²) in [4.78, 5) is 8.21. The van der Waals surface area contributed by atoms with Crippen molar-refractivity contribution in [1.82, 2.24) is 9.97 Å². The van der Waals surface area contributed by atoms with Gasteiger partial charge in [-0.3, -0.25) is 0 Å². The fourth-order valence-electron chi connectivity index (χ4n) is 1.37. The Bertz CT molecular complexity index is 484. The highest BCUT2D eigenvalue weighted by molar-refractivity contribution is 5.48. The number of nitrogen functional groups attached to an aromatic ring is 1. The highest BCUT2D eigenvalue weighted by Gasteiger charge is 1.98. The molecule has 5 nitrogen and oxygen atoms in total. The molecule has 0 saturated carbocycles. The van der Waals surface area contributed by atoms with Crippen LogP contribution in [0.3, 0.4) is 0 Å². The standard InChI is InChI=1S/C12H14N4O/c1-17-11-4-2-3-10(5-11)14-8-12-15-6-9(13)7-16-12/h2-7,14H,8,13H2,1H3. The molecule has 0 fully saturated rings. The SMILES string of the molecule is COc1cccc(NCc2ncc(N)cn2)c1. The van der Waals surface area contributed by atoms with Crippen LogP contribution >= 0.6 is 0 Å². The van der Waals surface area contributed by atoms with Crippen LogP contribution in [0.2, 0.25) is 0 Å². The van der Waals surface area contributed by atoms with Gasteiger partial charge in [-0.2, -0.15) is 0 Å². The first kappa shape index (κ1) is 11.2. The first-order chi connectivity index (χ1) is 8.28. The maximum absolute atomic E-state index is 5.51. The molecule has 0 aliphatic carbocycles. The van der Waals surface area contributed by atoms with Crippen LogP contribution in [-0.2, 0) is 6.54 Å². The fraction of sp³-hybridized carbons (Fsp3) is 0.167. The third-order valence-corrected chi connectivity index (χ3v) is 2.25.